The van der Waals surface area contributed by atoms with E-state index in [-0.39, 0.29) is 35.7 Å². The predicted molar refractivity (Wildman–Crippen MR) is 302 cm³/mol. The number of nitrogens with one attached hydrogen (secondary N) is 3. The van der Waals surface area contributed by atoms with Gasteiger partial charge in [-0.15, -0.1) is 0 Å². The summed E-state index contributed by atoms with van der Waals surface area (Å²) < 4.78 is 43.5. The number of benzene rings is 3. The number of anilines is 2. The van der Waals surface area contributed by atoms with Gasteiger partial charge in [0.25, 0.3) is 17.7 Å². The molecule has 0 bridgehead atoms. The molecule has 0 unspecified atom stereocenters. The number of rotatable bonds is 35. The normalized spacial score (nSPS) is 16.4. The largest absolute Gasteiger partial charge is 0.382 e. The number of pyridine rings is 1. The Morgan fingerprint density at radius 1 is 0.620 bits per heavy atom. The number of carbonyl (C=O) groups is 4. The second kappa shape index (κ2) is 34.3. The third kappa shape index (κ3) is 20.0. The lowest BCUT2D eigenvalue weighted by Crippen LogP contribution is -2.46. The monoisotopic (exact) mass is 1090 g/mol. The maximum Gasteiger partial charge on any atom is 0.255 e. The van der Waals surface area contributed by atoms with Gasteiger partial charge >= 0.3 is 0 Å². The molecule has 3 N–H and O–H groups in total. The quantitative estimate of drug-likeness (QED) is 0.0439. The Hall–Kier alpha value is -5.87. The Morgan fingerprint density at radius 2 is 1.25 bits per heavy atom. The Bertz CT molecular complexity index is 2490. The Morgan fingerprint density at radius 3 is 1.94 bits per heavy atom. The van der Waals surface area contributed by atoms with Crippen LogP contribution >= 0.6 is 0 Å². The molecule has 4 amide bonds. The molecule has 0 radical (unpaired) electrons. The predicted octanol–water partition coefficient (Wildman–Crippen LogP) is 6.21. The lowest BCUT2D eigenvalue weighted by atomic mass is 9.87. The molecule has 2 saturated heterocycles. The first kappa shape index (κ1) is 60.8. The molecule has 3 aliphatic rings. The van der Waals surface area contributed by atoms with Crippen LogP contribution in [0.2, 0.25) is 0 Å². The minimum atomic E-state index is -0.382. The smallest absolute Gasteiger partial charge is 0.255 e. The molecule has 2 aliphatic heterocycles. The van der Waals surface area contributed by atoms with Crippen molar-refractivity contribution in [1.82, 2.24) is 25.4 Å². The van der Waals surface area contributed by atoms with Crippen molar-refractivity contribution in [2.75, 3.05) is 163 Å². The summed E-state index contributed by atoms with van der Waals surface area (Å²) >= 11 is 0. The van der Waals surface area contributed by atoms with Crippen LogP contribution in [0.25, 0.3) is 11.3 Å². The van der Waals surface area contributed by atoms with E-state index in [0.29, 0.717) is 152 Å². The van der Waals surface area contributed by atoms with Crippen molar-refractivity contribution in [3.63, 3.8) is 0 Å². The van der Waals surface area contributed by atoms with Gasteiger partial charge in [-0.05, 0) is 118 Å². The highest BCUT2D eigenvalue weighted by Crippen LogP contribution is 2.34. The van der Waals surface area contributed by atoms with Crippen molar-refractivity contribution in [2.24, 2.45) is 0 Å². The summed E-state index contributed by atoms with van der Waals surface area (Å²) in [5, 5.41) is 9.38. The Balaban J connectivity index is 0.795. The van der Waals surface area contributed by atoms with Gasteiger partial charge in [0.2, 0.25) is 5.91 Å². The van der Waals surface area contributed by atoms with Gasteiger partial charge in [-0.3, -0.25) is 29.1 Å². The van der Waals surface area contributed by atoms with Gasteiger partial charge in [0.15, 0.2) is 0 Å². The van der Waals surface area contributed by atoms with Gasteiger partial charge in [-0.1, -0.05) is 30.3 Å². The number of carbonyl (C=O) groups excluding carboxylic acids is 4. The zero-order valence-electron chi connectivity index (χ0n) is 46.4. The Labute approximate surface area is 466 Å². The number of methoxy groups -OCH3 is 1. The van der Waals surface area contributed by atoms with E-state index in [1.165, 1.54) is 12.0 Å². The summed E-state index contributed by atoms with van der Waals surface area (Å²) in [7, 11) is 3.37. The topological polar surface area (TPSA) is 201 Å². The first-order chi connectivity index (χ1) is 38.8. The van der Waals surface area contributed by atoms with Gasteiger partial charge in [-0.2, -0.15) is 0 Å². The molecule has 2 fully saturated rings. The fourth-order valence-electron chi connectivity index (χ4n) is 9.97. The van der Waals surface area contributed by atoms with E-state index in [9.17, 15) is 19.2 Å². The summed E-state index contributed by atoms with van der Waals surface area (Å²) in [4.78, 5) is 65.8. The lowest BCUT2D eigenvalue weighted by molar-refractivity contribution is -0.125. The molecule has 0 saturated carbocycles. The summed E-state index contributed by atoms with van der Waals surface area (Å²) in [6, 6.07) is 24.1. The van der Waals surface area contributed by atoms with Crippen LogP contribution in [0.1, 0.15) is 93.2 Å². The fourth-order valence-corrected chi connectivity index (χ4v) is 9.97. The van der Waals surface area contributed by atoms with Crippen molar-refractivity contribution in [2.45, 2.75) is 63.5 Å². The Kier molecular flexibility index (Phi) is 26.4. The van der Waals surface area contributed by atoms with Crippen LogP contribution in [0.4, 0.5) is 11.4 Å². The number of ether oxygens (including phenoxy) is 8. The van der Waals surface area contributed by atoms with Gasteiger partial charge < -0.3 is 63.6 Å². The molecule has 0 spiro atoms. The number of piperidine rings is 1. The van der Waals surface area contributed by atoms with Crippen LogP contribution in [0.3, 0.4) is 0 Å². The average molecular weight is 1090 g/mol. The maximum absolute atomic E-state index is 14.1. The molecule has 1 aromatic heterocycles. The van der Waals surface area contributed by atoms with Crippen LogP contribution in [0, 0.1) is 0 Å². The van der Waals surface area contributed by atoms with Crippen LogP contribution in [0.15, 0.2) is 85.1 Å². The van der Waals surface area contributed by atoms with Crippen LogP contribution in [0.5, 0.6) is 0 Å². The average Bonchev–Trinajstić information content (AvgIpc) is 4.02. The number of amides is 4. The first-order valence-corrected chi connectivity index (χ1v) is 28.2. The number of fused-ring (bicyclic) bond motifs is 1. The van der Waals surface area contributed by atoms with E-state index < -0.39 is 0 Å². The van der Waals surface area contributed by atoms with Crippen molar-refractivity contribution >= 4 is 35.0 Å². The second-order valence-electron chi connectivity index (χ2n) is 19.9. The summed E-state index contributed by atoms with van der Waals surface area (Å²) in [6.07, 6.45) is 9.53. The van der Waals surface area contributed by atoms with E-state index in [0.717, 1.165) is 75.8 Å². The van der Waals surface area contributed by atoms with Gasteiger partial charge in [0, 0.05) is 81.0 Å². The van der Waals surface area contributed by atoms with E-state index in [4.69, 9.17) is 42.9 Å². The van der Waals surface area contributed by atoms with Crippen LogP contribution < -0.4 is 20.9 Å². The molecular weight excluding hydrogens is 1010 g/mol. The number of aryl methyl sites for hydroxylation is 1. The minimum absolute atomic E-state index is 0.0563. The number of likely N-dealkylation sites (N-methyl/N-ethyl adjacent to an activating group) is 1. The van der Waals surface area contributed by atoms with Crippen molar-refractivity contribution in [1.29, 1.82) is 0 Å². The highest BCUT2D eigenvalue weighted by atomic mass is 16.6. The minimum Gasteiger partial charge on any atom is -0.382 e. The zero-order valence-corrected chi connectivity index (χ0v) is 46.4. The van der Waals surface area contributed by atoms with Crippen molar-refractivity contribution in [3.05, 3.63) is 113 Å². The SMILES string of the molecule is COCCOCCOCCOCCOCCOCCOCCOCCNC(=O)[C@@H]1CCCN1CCN(C)C(=O)c1cccc(C(=O)Nc2ccc(N3CCCCC3)cc2-c2cc(C(=O)N[C@H]3CCCc4ccccc43)ccn2)c1. The lowest BCUT2D eigenvalue weighted by Gasteiger charge is -2.29. The van der Waals surface area contributed by atoms with Crippen molar-refractivity contribution < 1.29 is 57.1 Å². The zero-order chi connectivity index (χ0) is 55.3. The number of nitrogens with zero attached hydrogens (tertiary/aromatic N) is 4. The molecule has 1 aliphatic carbocycles. The molecular formula is C60H83N7O12. The van der Waals surface area contributed by atoms with Gasteiger partial charge in [0.1, 0.15) is 0 Å². The molecule has 79 heavy (non-hydrogen) atoms. The third-order valence-electron chi connectivity index (χ3n) is 14.3. The van der Waals surface area contributed by atoms with Gasteiger partial charge in [0.05, 0.1) is 123 Å². The summed E-state index contributed by atoms with van der Waals surface area (Å²) in [6.45, 7) is 11.1. The van der Waals surface area contributed by atoms with E-state index in [2.05, 4.69) is 37.9 Å². The molecule has 430 valence electrons. The maximum atomic E-state index is 14.1. The second-order valence-corrected chi connectivity index (χ2v) is 19.9. The number of likely N-dealkylation sites (tertiary alicyclic amines) is 1. The highest BCUT2D eigenvalue weighted by molar-refractivity contribution is 6.08. The molecule has 19 heteroatoms. The fraction of sp³-hybridized carbons (Fsp3) is 0.550. The number of aromatic nitrogens is 1. The molecule has 19 nitrogen and oxygen atoms in total. The highest BCUT2D eigenvalue weighted by Gasteiger charge is 2.31. The number of hydrogen-bond acceptors (Lipinski definition) is 15. The molecule has 3 heterocycles. The van der Waals surface area contributed by atoms with E-state index >= 15 is 0 Å². The van der Waals surface area contributed by atoms with E-state index in [1.807, 2.05) is 30.3 Å². The van der Waals surface area contributed by atoms with Crippen molar-refractivity contribution in [3.8, 4) is 11.3 Å². The van der Waals surface area contributed by atoms with Crippen LogP contribution in [-0.2, 0) is 49.1 Å². The third-order valence-corrected chi connectivity index (χ3v) is 14.3. The molecule has 2 atom stereocenters. The van der Waals surface area contributed by atoms with Gasteiger partial charge in [-0.25, -0.2) is 0 Å². The molecule has 3 aromatic carbocycles. The van der Waals surface area contributed by atoms with Crippen LogP contribution in [-0.4, -0.2) is 197 Å². The standard InChI is InChI=1S/C60H83N7O12/c1-65(26-27-67-25-10-17-56(67)59(70)62-22-28-73-31-32-75-35-36-77-39-40-79-42-41-78-38-37-76-34-33-74-30-29-72-2)60(71)49-14-8-13-47(43-49)57(68)64-54-19-18-50(66-23-6-3-7-24-66)45-52(54)55-44-48(20-21-61-55)58(69)63-53-16-9-12-46-11-4-5-15-51(46)53/h4-5,8,11,13-15,18-21,43-45,53,56H,3,6-7,9-10,12,16-17,22-42H2,1-2H3,(H,62,70)(H,63,69)(H,64,68)/t53-,56-/m0/s1. The summed E-state index contributed by atoms with van der Waals surface area (Å²) in [5.41, 5.74) is 6.43. The van der Waals surface area contributed by atoms with E-state index in [1.54, 1.807) is 61.7 Å². The first-order valence-electron chi connectivity index (χ1n) is 28.2. The summed E-state index contributed by atoms with van der Waals surface area (Å²) in [5.74, 6) is -0.849. The molecule has 4 aromatic rings. The molecule has 7 rings (SSSR count). The number of hydrogen-bond donors (Lipinski definition) is 3.